The fourth-order valence-electron chi connectivity index (χ4n) is 2.45. The van der Waals surface area contributed by atoms with E-state index in [1.807, 2.05) is 0 Å². The van der Waals surface area contributed by atoms with Gasteiger partial charge >= 0.3 is 0 Å². The van der Waals surface area contributed by atoms with E-state index in [-0.39, 0.29) is 23.0 Å². The van der Waals surface area contributed by atoms with E-state index in [0.29, 0.717) is 11.3 Å². The molecule has 5 nitrogen and oxygen atoms in total. The molecule has 0 unspecified atom stereocenters. The van der Waals surface area contributed by atoms with Crippen molar-refractivity contribution in [3.63, 3.8) is 0 Å². The molecule has 0 aliphatic carbocycles. The Morgan fingerprint density at radius 2 is 1.77 bits per heavy atom. The number of benzene rings is 2. The Balaban J connectivity index is 1.78. The smallest absolute Gasteiger partial charge is 0.291 e. The van der Waals surface area contributed by atoms with Crippen LogP contribution in [-0.4, -0.2) is 30.8 Å². The van der Waals surface area contributed by atoms with Crippen LogP contribution in [0.15, 0.2) is 65.1 Å². The van der Waals surface area contributed by atoms with E-state index in [2.05, 4.69) is 5.32 Å². The first-order valence-corrected chi connectivity index (χ1v) is 7.93. The monoisotopic (exact) mass is 352 g/mol. The highest BCUT2D eigenvalue weighted by Crippen LogP contribution is 2.25. The molecular formula is C20H17FN2O3. The van der Waals surface area contributed by atoms with Crippen molar-refractivity contribution < 1.29 is 18.4 Å². The zero-order valence-electron chi connectivity index (χ0n) is 14.3. The molecule has 3 rings (SSSR count). The number of anilines is 1. The molecule has 0 bridgehead atoms. The lowest BCUT2D eigenvalue weighted by Gasteiger charge is -2.11. The summed E-state index contributed by atoms with van der Waals surface area (Å²) in [5, 5.41) is 2.67. The second-order valence-corrected chi connectivity index (χ2v) is 5.88. The van der Waals surface area contributed by atoms with Gasteiger partial charge in [0, 0.05) is 25.3 Å². The Kier molecular flexibility index (Phi) is 4.84. The highest BCUT2D eigenvalue weighted by Gasteiger charge is 2.15. The highest BCUT2D eigenvalue weighted by molar-refractivity contribution is 6.03. The molecule has 1 heterocycles. The van der Waals surface area contributed by atoms with Crippen LogP contribution in [0, 0.1) is 5.82 Å². The summed E-state index contributed by atoms with van der Waals surface area (Å²) < 4.78 is 19.3. The molecule has 2 amide bonds. The first-order valence-electron chi connectivity index (χ1n) is 7.93. The maximum Gasteiger partial charge on any atom is 0.291 e. The predicted molar refractivity (Wildman–Crippen MR) is 96.5 cm³/mol. The van der Waals surface area contributed by atoms with E-state index in [0.717, 1.165) is 0 Å². The van der Waals surface area contributed by atoms with Crippen molar-refractivity contribution >= 4 is 17.5 Å². The van der Waals surface area contributed by atoms with E-state index < -0.39 is 11.7 Å². The van der Waals surface area contributed by atoms with E-state index in [1.165, 1.54) is 17.0 Å². The lowest BCUT2D eigenvalue weighted by molar-refractivity contribution is 0.0827. The van der Waals surface area contributed by atoms with E-state index >= 15 is 0 Å². The highest BCUT2D eigenvalue weighted by atomic mass is 19.1. The van der Waals surface area contributed by atoms with Crippen molar-refractivity contribution in [1.29, 1.82) is 0 Å². The van der Waals surface area contributed by atoms with Gasteiger partial charge in [-0.1, -0.05) is 18.2 Å². The van der Waals surface area contributed by atoms with Gasteiger partial charge in [-0.2, -0.15) is 0 Å². The van der Waals surface area contributed by atoms with E-state index in [9.17, 15) is 14.0 Å². The van der Waals surface area contributed by atoms with Crippen LogP contribution in [0.25, 0.3) is 11.3 Å². The van der Waals surface area contributed by atoms with E-state index in [1.54, 1.807) is 62.6 Å². The second-order valence-electron chi connectivity index (χ2n) is 5.88. The zero-order chi connectivity index (χ0) is 18.7. The van der Waals surface area contributed by atoms with Crippen LogP contribution < -0.4 is 5.32 Å². The third kappa shape index (κ3) is 3.64. The van der Waals surface area contributed by atoms with Crippen LogP contribution in [0.3, 0.4) is 0 Å². The van der Waals surface area contributed by atoms with Crippen molar-refractivity contribution in [3.8, 4) is 11.3 Å². The standard InChI is InChI=1S/C20H17FN2O3/c1-23(2)20(25)13-6-5-7-14(12-13)22-19(24)18-11-10-17(26-18)15-8-3-4-9-16(15)21/h3-12H,1-2H3,(H,22,24). The van der Waals surface area contributed by atoms with Gasteiger partial charge < -0.3 is 14.6 Å². The Labute approximate surface area is 150 Å². The molecule has 0 radical (unpaired) electrons. The predicted octanol–water partition coefficient (Wildman–Crippen LogP) is 4.04. The number of hydrogen-bond donors (Lipinski definition) is 1. The van der Waals surface area contributed by atoms with Gasteiger partial charge in [-0.3, -0.25) is 9.59 Å². The summed E-state index contributed by atoms with van der Waals surface area (Å²) in [6.07, 6.45) is 0. The molecule has 6 heteroatoms. The van der Waals surface area contributed by atoms with Crippen LogP contribution in [0.5, 0.6) is 0 Å². The van der Waals surface area contributed by atoms with Crippen molar-refractivity contribution in [1.82, 2.24) is 4.90 Å². The minimum Gasteiger partial charge on any atom is -0.451 e. The molecule has 0 fully saturated rings. The number of carbonyl (C=O) groups is 2. The number of furan rings is 1. The molecule has 132 valence electrons. The summed E-state index contributed by atoms with van der Waals surface area (Å²) in [6.45, 7) is 0. The third-order valence-electron chi connectivity index (χ3n) is 3.74. The average molecular weight is 352 g/mol. The van der Waals surface area contributed by atoms with Gasteiger partial charge in [-0.05, 0) is 42.5 Å². The number of carbonyl (C=O) groups excluding carboxylic acids is 2. The van der Waals surface area contributed by atoms with Gasteiger partial charge in [0.05, 0.1) is 5.56 Å². The molecule has 0 aliphatic rings. The SMILES string of the molecule is CN(C)C(=O)c1cccc(NC(=O)c2ccc(-c3ccccc3F)o2)c1. The van der Waals surface area contributed by atoms with Gasteiger partial charge in [0.25, 0.3) is 11.8 Å². The molecule has 26 heavy (non-hydrogen) atoms. The number of nitrogens with one attached hydrogen (secondary N) is 1. The Morgan fingerprint density at radius 3 is 2.50 bits per heavy atom. The summed E-state index contributed by atoms with van der Waals surface area (Å²) in [6, 6.07) is 15.8. The van der Waals surface area contributed by atoms with Gasteiger partial charge in [0.2, 0.25) is 0 Å². The number of halogens is 1. The number of amides is 2. The molecule has 2 aromatic carbocycles. The molecule has 1 N–H and O–H groups in total. The summed E-state index contributed by atoms with van der Waals surface area (Å²) in [4.78, 5) is 25.8. The van der Waals surface area contributed by atoms with Crippen LogP contribution in [0.4, 0.5) is 10.1 Å². The number of nitrogens with zero attached hydrogens (tertiary/aromatic N) is 1. The summed E-state index contributed by atoms with van der Waals surface area (Å²) >= 11 is 0. The molecular weight excluding hydrogens is 335 g/mol. The Morgan fingerprint density at radius 1 is 1.00 bits per heavy atom. The first kappa shape index (κ1) is 17.4. The fraction of sp³-hybridized carbons (Fsp3) is 0.100. The molecule has 0 saturated carbocycles. The van der Waals surface area contributed by atoms with Crippen molar-refractivity contribution in [2.45, 2.75) is 0 Å². The third-order valence-corrected chi connectivity index (χ3v) is 3.74. The summed E-state index contributed by atoms with van der Waals surface area (Å²) in [5.41, 5.74) is 1.20. The maximum atomic E-state index is 13.8. The molecule has 3 aromatic rings. The lowest BCUT2D eigenvalue weighted by atomic mass is 10.1. The minimum absolute atomic E-state index is 0.0487. The second kappa shape index (κ2) is 7.23. The van der Waals surface area contributed by atoms with Crippen molar-refractivity contribution in [2.24, 2.45) is 0 Å². The summed E-state index contributed by atoms with van der Waals surface area (Å²) in [7, 11) is 3.31. The molecule has 0 atom stereocenters. The number of rotatable bonds is 4. The molecule has 0 aliphatic heterocycles. The van der Waals surface area contributed by atoms with Gasteiger partial charge in [0.15, 0.2) is 5.76 Å². The lowest BCUT2D eigenvalue weighted by Crippen LogP contribution is -2.21. The zero-order valence-corrected chi connectivity index (χ0v) is 14.3. The molecule has 0 saturated heterocycles. The first-order chi connectivity index (χ1) is 12.5. The van der Waals surface area contributed by atoms with Crippen LogP contribution in [-0.2, 0) is 0 Å². The Hall–Kier alpha value is -3.41. The molecule has 1 aromatic heterocycles. The summed E-state index contributed by atoms with van der Waals surface area (Å²) in [5.74, 6) is -0.760. The van der Waals surface area contributed by atoms with Crippen molar-refractivity contribution in [2.75, 3.05) is 19.4 Å². The fourth-order valence-corrected chi connectivity index (χ4v) is 2.45. The quantitative estimate of drug-likeness (QED) is 0.771. The maximum absolute atomic E-state index is 13.8. The van der Waals surface area contributed by atoms with Crippen LogP contribution in [0.2, 0.25) is 0 Å². The Bertz CT molecular complexity index is 963. The molecule has 0 spiro atoms. The van der Waals surface area contributed by atoms with Gasteiger partial charge in [0.1, 0.15) is 11.6 Å². The van der Waals surface area contributed by atoms with Crippen molar-refractivity contribution in [3.05, 3.63) is 77.8 Å². The van der Waals surface area contributed by atoms with E-state index in [4.69, 9.17) is 4.42 Å². The average Bonchev–Trinajstić information content (AvgIpc) is 3.11. The number of hydrogen-bond acceptors (Lipinski definition) is 3. The normalized spacial score (nSPS) is 10.4. The minimum atomic E-state index is -0.484. The van der Waals surface area contributed by atoms with Gasteiger partial charge in [-0.15, -0.1) is 0 Å². The largest absolute Gasteiger partial charge is 0.451 e. The topological polar surface area (TPSA) is 62.6 Å². The van der Waals surface area contributed by atoms with Gasteiger partial charge in [-0.25, -0.2) is 4.39 Å². The van der Waals surface area contributed by atoms with Crippen LogP contribution in [0.1, 0.15) is 20.9 Å². The van der Waals surface area contributed by atoms with Crippen LogP contribution >= 0.6 is 0 Å².